The monoisotopic (exact) mass is 359 g/mol. The summed E-state index contributed by atoms with van der Waals surface area (Å²) >= 11 is 6.16. The van der Waals surface area contributed by atoms with Gasteiger partial charge in [-0.2, -0.15) is 5.10 Å². The highest BCUT2D eigenvalue weighted by atomic mass is 35.5. The maximum Gasteiger partial charge on any atom is 0.255 e. The van der Waals surface area contributed by atoms with Gasteiger partial charge in [-0.05, 0) is 24.8 Å². The number of amides is 1. The predicted octanol–water partition coefficient (Wildman–Crippen LogP) is 3.93. The number of carbonyl (C=O) groups excluding carboxylic acids is 1. The van der Waals surface area contributed by atoms with E-state index in [-0.39, 0.29) is 11.9 Å². The smallest absolute Gasteiger partial charge is 0.255 e. The van der Waals surface area contributed by atoms with E-state index in [0.29, 0.717) is 34.8 Å². The maximum atomic E-state index is 12.9. The molecule has 1 atom stereocenters. The fourth-order valence-electron chi connectivity index (χ4n) is 3.41. The van der Waals surface area contributed by atoms with Crippen molar-refractivity contribution >= 4 is 17.5 Å². The first-order valence-electron chi connectivity index (χ1n) is 8.82. The molecule has 4 rings (SSSR count). The molecule has 1 aromatic heterocycles. The van der Waals surface area contributed by atoms with E-state index in [1.807, 2.05) is 16.8 Å². The molecular formula is C19H22ClN3O2. The molecule has 2 aliphatic rings. The number of halogens is 1. The summed E-state index contributed by atoms with van der Waals surface area (Å²) in [6, 6.07) is 5.45. The summed E-state index contributed by atoms with van der Waals surface area (Å²) in [7, 11) is 0. The Hall–Kier alpha value is -2.01. The third kappa shape index (κ3) is 3.13. The van der Waals surface area contributed by atoms with Crippen molar-refractivity contribution in [1.29, 1.82) is 0 Å². The lowest BCUT2D eigenvalue weighted by Gasteiger charge is -2.14. The summed E-state index contributed by atoms with van der Waals surface area (Å²) in [6.45, 7) is 5.57. The minimum absolute atomic E-state index is 0.0849. The second kappa shape index (κ2) is 6.37. The highest BCUT2D eigenvalue weighted by molar-refractivity contribution is 6.32. The number of aromatic nitrogens is 2. The number of carbonyl (C=O) groups is 1. The van der Waals surface area contributed by atoms with Crippen molar-refractivity contribution in [2.75, 3.05) is 6.61 Å². The molecule has 132 valence electrons. The maximum absolute atomic E-state index is 12.9. The SMILES string of the molecule is CC(C)Cn1ncc(C(=O)NC2COc3c(Cl)cccc32)c1C1CC1. The Bertz CT molecular complexity index is 811. The lowest BCUT2D eigenvalue weighted by atomic mass is 10.1. The van der Waals surface area contributed by atoms with Crippen LogP contribution in [0, 0.1) is 5.92 Å². The number of hydrogen-bond donors (Lipinski definition) is 1. The zero-order chi connectivity index (χ0) is 17.6. The number of rotatable bonds is 5. The second-order valence-electron chi connectivity index (χ2n) is 7.29. The van der Waals surface area contributed by atoms with E-state index in [1.54, 1.807) is 12.3 Å². The molecule has 2 heterocycles. The van der Waals surface area contributed by atoms with Crippen LogP contribution < -0.4 is 10.1 Å². The van der Waals surface area contributed by atoms with Crippen LogP contribution in [0.4, 0.5) is 0 Å². The van der Waals surface area contributed by atoms with Crippen LogP contribution >= 0.6 is 11.6 Å². The molecule has 1 N–H and O–H groups in total. The molecule has 1 aliphatic heterocycles. The standard InChI is InChI=1S/C19H22ClN3O2/c1-11(2)9-23-17(12-6-7-12)14(8-21-23)19(24)22-16-10-25-18-13(16)4-3-5-15(18)20/h3-5,8,11-12,16H,6-7,9-10H2,1-2H3,(H,22,24). The number of para-hydroxylation sites is 1. The van der Waals surface area contributed by atoms with Gasteiger partial charge in [0.05, 0.1) is 28.5 Å². The summed E-state index contributed by atoms with van der Waals surface area (Å²) in [5.74, 6) is 1.54. The van der Waals surface area contributed by atoms with Crippen LogP contribution in [0.15, 0.2) is 24.4 Å². The van der Waals surface area contributed by atoms with Crippen molar-refractivity contribution in [2.24, 2.45) is 5.92 Å². The Morgan fingerprint density at radius 2 is 2.24 bits per heavy atom. The van der Waals surface area contributed by atoms with Crippen molar-refractivity contribution in [3.63, 3.8) is 0 Å². The molecule has 1 aromatic carbocycles. The first kappa shape index (κ1) is 16.5. The van der Waals surface area contributed by atoms with Gasteiger partial charge in [-0.15, -0.1) is 0 Å². The quantitative estimate of drug-likeness (QED) is 0.879. The fraction of sp³-hybridized carbons (Fsp3) is 0.474. The number of nitrogens with one attached hydrogen (secondary N) is 1. The first-order valence-corrected chi connectivity index (χ1v) is 9.20. The minimum Gasteiger partial charge on any atom is -0.489 e. The van der Waals surface area contributed by atoms with Gasteiger partial charge < -0.3 is 10.1 Å². The van der Waals surface area contributed by atoms with E-state index in [2.05, 4.69) is 24.3 Å². The molecular weight excluding hydrogens is 338 g/mol. The molecule has 0 saturated heterocycles. The van der Waals surface area contributed by atoms with Crippen LogP contribution in [0.25, 0.3) is 0 Å². The predicted molar refractivity (Wildman–Crippen MR) is 96.2 cm³/mol. The van der Waals surface area contributed by atoms with Gasteiger partial charge in [0.15, 0.2) is 0 Å². The molecule has 1 unspecified atom stereocenters. The molecule has 2 aromatic rings. The Kier molecular flexibility index (Phi) is 4.20. The summed E-state index contributed by atoms with van der Waals surface area (Å²) in [5.41, 5.74) is 2.71. The van der Waals surface area contributed by atoms with Gasteiger partial charge in [0.25, 0.3) is 5.91 Å². The van der Waals surface area contributed by atoms with Gasteiger partial charge in [0.2, 0.25) is 0 Å². The Morgan fingerprint density at radius 3 is 2.96 bits per heavy atom. The van der Waals surface area contributed by atoms with Crippen molar-refractivity contribution in [3.05, 3.63) is 46.2 Å². The Balaban J connectivity index is 1.57. The van der Waals surface area contributed by atoms with E-state index in [4.69, 9.17) is 16.3 Å². The lowest BCUT2D eigenvalue weighted by molar-refractivity contribution is 0.0929. The number of hydrogen-bond acceptors (Lipinski definition) is 3. The van der Waals surface area contributed by atoms with Crippen molar-refractivity contribution in [1.82, 2.24) is 15.1 Å². The molecule has 1 fully saturated rings. The van der Waals surface area contributed by atoms with Crippen molar-refractivity contribution in [2.45, 2.75) is 45.2 Å². The molecule has 0 bridgehead atoms. The van der Waals surface area contributed by atoms with Gasteiger partial charge in [-0.3, -0.25) is 9.48 Å². The van der Waals surface area contributed by atoms with Crippen LogP contribution in [0.3, 0.4) is 0 Å². The minimum atomic E-state index is -0.179. The van der Waals surface area contributed by atoms with Crippen molar-refractivity contribution in [3.8, 4) is 5.75 Å². The van der Waals surface area contributed by atoms with E-state index >= 15 is 0 Å². The third-order valence-electron chi connectivity index (χ3n) is 4.70. The number of fused-ring (bicyclic) bond motifs is 1. The normalized spacial score (nSPS) is 19.0. The second-order valence-corrected chi connectivity index (χ2v) is 7.70. The molecule has 1 saturated carbocycles. The average Bonchev–Trinajstić information content (AvgIpc) is 3.19. The third-order valence-corrected chi connectivity index (χ3v) is 5.00. The summed E-state index contributed by atoms with van der Waals surface area (Å²) in [5, 5.41) is 8.15. The Labute approximate surface area is 152 Å². The zero-order valence-electron chi connectivity index (χ0n) is 14.5. The van der Waals surface area contributed by atoms with Crippen LogP contribution in [-0.2, 0) is 6.54 Å². The molecule has 6 heteroatoms. The lowest BCUT2D eigenvalue weighted by Crippen LogP contribution is -2.30. The van der Waals surface area contributed by atoms with Crippen LogP contribution in [0.2, 0.25) is 5.02 Å². The highest BCUT2D eigenvalue weighted by Crippen LogP contribution is 2.42. The molecule has 0 radical (unpaired) electrons. The average molecular weight is 360 g/mol. The zero-order valence-corrected chi connectivity index (χ0v) is 15.2. The van der Waals surface area contributed by atoms with Crippen LogP contribution in [-0.4, -0.2) is 22.3 Å². The molecule has 25 heavy (non-hydrogen) atoms. The van der Waals surface area contributed by atoms with E-state index in [9.17, 15) is 4.79 Å². The van der Waals surface area contributed by atoms with Crippen molar-refractivity contribution < 1.29 is 9.53 Å². The topological polar surface area (TPSA) is 56.2 Å². The molecule has 5 nitrogen and oxygen atoms in total. The summed E-state index contributed by atoms with van der Waals surface area (Å²) < 4.78 is 7.67. The van der Waals surface area contributed by atoms with E-state index < -0.39 is 0 Å². The van der Waals surface area contributed by atoms with E-state index in [1.165, 1.54) is 0 Å². The summed E-state index contributed by atoms with van der Waals surface area (Å²) in [4.78, 5) is 12.9. The largest absolute Gasteiger partial charge is 0.489 e. The van der Waals surface area contributed by atoms with Crippen LogP contribution in [0.5, 0.6) is 5.75 Å². The highest BCUT2D eigenvalue weighted by Gasteiger charge is 2.34. The molecule has 1 aliphatic carbocycles. The van der Waals surface area contributed by atoms with Gasteiger partial charge in [0, 0.05) is 18.0 Å². The first-order chi connectivity index (χ1) is 12.0. The Morgan fingerprint density at radius 1 is 1.44 bits per heavy atom. The van der Waals surface area contributed by atoms with Gasteiger partial charge in [-0.1, -0.05) is 37.6 Å². The van der Waals surface area contributed by atoms with Gasteiger partial charge in [0.1, 0.15) is 12.4 Å². The van der Waals surface area contributed by atoms with Crippen LogP contribution in [0.1, 0.15) is 60.3 Å². The number of ether oxygens (including phenoxy) is 1. The fourth-order valence-corrected chi connectivity index (χ4v) is 3.65. The number of nitrogens with zero attached hydrogens (tertiary/aromatic N) is 2. The number of benzene rings is 1. The summed E-state index contributed by atoms with van der Waals surface area (Å²) in [6.07, 6.45) is 3.98. The van der Waals surface area contributed by atoms with E-state index in [0.717, 1.165) is 30.6 Å². The molecule has 0 spiro atoms. The van der Waals surface area contributed by atoms with Gasteiger partial charge >= 0.3 is 0 Å². The van der Waals surface area contributed by atoms with Gasteiger partial charge in [-0.25, -0.2) is 0 Å². The molecule has 1 amide bonds.